The fourth-order valence-corrected chi connectivity index (χ4v) is 2.95. The van der Waals surface area contributed by atoms with Crippen molar-refractivity contribution in [3.05, 3.63) is 50.4 Å². The number of rotatable bonds is 3. The van der Waals surface area contributed by atoms with E-state index >= 15 is 0 Å². The van der Waals surface area contributed by atoms with Gasteiger partial charge in [0.05, 0.1) is 18.4 Å². The first-order valence-corrected chi connectivity index (χ1v) is 7.12. The van der Waals surface area contributed by atoms with Crippen LogP contribution in [-0.4, -0.2) is 19.0 Å². The van der Waals surface area contributed by atoms with Crippen LogP contribution in [-0.2, 0) is 4.74 Å². The molecule has 2 aromatic rings. The van der Waals surface area contributed by atoms with Crippen LogP contribution in [0, 0.1) is 5.82 Å². The van der Waals surface area contributed by atoms with Crippen molar-refractivity contribution in [1.29, 1.82) is 0 Å². The van der Waals surface area contributed by atoms with Crippen molar-refractivity contribution in [2.45, 2.75) is 0 Å². The molecule has 0 spiro atoms. The Labute approximate surface area is 126 Å². The molecule has 7 heteroatoms. The second-order valence-corrected chi connectivity index (χ2v) is 5.51. The van der Waals surface area contributed by atoms with E-state index in [9.17, 15) is 14.0 Å². The topological polar surface area (TPSA) is 55.4 Å². The first-order valence-electron chi connectivity index (χ1n) is 5.45. The van der Waals surface area contributed by atoms with Crippen molar-refractivity contribution in [3.8, 4) is 0 Å². The number of carbonyl (C=O) groups excluding carboxylic acids is 2. The van der Waals surface area contributed by atoms with Gasteiger partial charge in [0.1, 0.15) is 10.7 Å². The maximum absolute atomic E-state index is 13.7. The molecular formula is C13H9BrFNO3S. The molecular weight excluding hydrogens is 349 g/mol. The van der Waals surface area contributed by atoms with Gasteiger partial charge in [-0.05, 0) is 45.6 Å². The van der Waals surface area contributed by atoms with Crippen LogP contribution in [0.2, 0.25) is 0 Å². The smallest absolute Gasteiger partial charge is 0.337 e. The Kier molecular flexibility index (Phi) is 4.51. The van der Waals surface area contributed by atoms with Gasteiger partial charge in [0.2, 0.25) is 0 Å². The van der Waals surface area contributed by atoms with Crippen LogP contribution in [0.5, 0.6) is 0 Å². The number of nitrogens with one attached hydrogen (secondary N) is 1. The Morgan fingerprint density at radius 3 is 2.70 bits per heavy atom. The lowest BCUT2D eigenvalue weighted by molar-refractivity contribution is 0.0600. The van der Waals surface area contributed by atoms with Gasteiger partial charge in [-0.15, -0.1) is 11.3 Å². The molecule has 1 aromatic carbocycles. The van der Waals surface area contributed by atoms with Gasteiger partial charge in [-0.3, -0.25) is 4.79 Å². The Hall–Kier alpha value is -1.73. The predicted molar refractivity (Wildman–Crippen MR) is 77.7 cm³/mol. The number of benzene rings is 1. The number of hydrogen-bond donors (Lipinski definition) is 1. The van der Waals surface area contributed by atoms with E-state index in [1.54, 1.807) is 11.4 Å². The van der Waals surface area contributed by atoms with E-state index in [2.05, 4.69) is 26.0 Å². The zero-order chi connectivity index (χ0) is 14.7. The van der Waals surface area contributed by atoms with Crippen LogP contribution in [0.3, 0.4) is 0 Å². The standard InChI is InChI=1S/C13H9BrFNO3S/c1-19-13(18)7-2-3-9(15)10(6-7)16-12(17)11-8(14)4-5-20-11/h2-6H,1H3,(H,16,17). The van der Waals surface area contributed by atoms with Crippen molar-refractivity contribution >= 4 is 44.8 Å². The Balaban J connectivity index is 2.27. The number of carbonyl (C=O) groups is 2. The van der Waals surface area contributed by atoms with Gasteiger partial charge in [0.25, 0.3) is 5.91 Å². The Bertz CT molecular complexity index is 671. The van der Waals surface area contributed by atoms with Gasteiger partial charge in [-0.1, -0.05) is 0 Å². The summed E-state index contributed by atoms with van der Waals surface area (Å²) in [6.45, 7) is 0. The fraction of sp³-hybridized carbons (Fsp3) is 0.0769. The number of methoxy groups -OCH3 is 1. The zero-order valence-electron chi connectivity index (χ0n) is 10.3. The molecule has 0 bridgehead atoms. The summed E-state index contributed by atoms with van der Waals surface area (Å²) < 4.78 is 18.8. The first-order chi connectivity index (χ1) is 9.52. The van der Waals surface area contributed by atoms with Gasteiger partial charge in [-0.2, -0.15) is 0 Å². The highest BCUT2D eigenvalue weighted by Crippen LogP contribution is 2.25. The summed E-state index contributed by atoms with van der Waals surface area (Å²) in [5.74, 6) is -1.68. The van der Waals surface area contributed by atoms with E-state index in [0.29, 0.717) is 9.35 Å². The molecule has 1 amide bonds. The minimum Gasteiger partial charge on any atom is -0.465 e. The van der Waals surface area contributed by atoms with Crippen LogP contribution in [0.15, 0.2) is 34.1 Å². The number of esters is 1. The third-order valence-electron chi connectivity index (χ3n) is 2.46. The minimum absolute atomic E-state index is 0.0711. The van der Waals surface area contributed by atoms with Gasteiger partial charge in [0, 0.05) is 4.47 Å². The summed E-state index contributed by atoms with van der Waals surface area (Å²) in [7, 11) is 1.23. The molecule has 0 atom stereocenters. The lowest BCUT2D eigenvalue weighted by atomic mass is 10.2. The highest BCUT2D eigenvalue weighted by molar-refractivity contribution is 9.10. The number of hydrogen-bond acceptors (Lipinski definition) is 4. The van der Waals surface area contributed by atoms with E-state index in [1.807, 2.05) is 0 Å². The van der Waals surface area contributed by atoms with Crippen molar-refractivity contribution < 1.29 is 18.7 Å². The van der Waals surface area contributed by atoms with Crippen LogP contribution < -0.4 is 5.32 Å². The summed E-state index contributed by atoms with van der Waals surface area (Å²) in [6.07, 6.45) is 0. The molecule has 20 heavy (non-hydrogen) atoms. The number of amides is 1. The quantitative estimate of drug-likeness (QED) is 0.852. The van der Waals surface area contributed by atoms with Crippen LogP contribution in [0.25, 0.3) is 0 Å². The molecule has 0 aliphatic heterocycles. The lowest BCUT2D eigenvalue weighted by Gasteiger charge is -2.07. The SMILES string of the molecule is COC(=O)c1ccc(F)c(NC(=O)c2sccc2Br)c1. The van der Waals surface area contributed by atoms with Gasteiger partial charge >= 0.3 is 5.97 Å². The monoisotopic (exact) mass is 357 g/mol. The average molecular weight is 358 g/mol. The molecule has 0 fully saturated rings. The summed E-state index contributed by atoms with van der Waals surface area (Å²) >= 11 is 4.45. The molecule has 1 aromatic heterocycles. The lowest BCUT2D eigenvalue weighted by Crippen LogP contribution is -2.13. The largest absolute Gasteiger partial charge is 0.465 e. The van der Waals surface area contributed by atoms with Gasteiger partial charge in [0.15, 0.2) is 0 Å². The number of ether oxygens (including phenoxy) is 1. The summed E-state index contributed by atoms with van der Waals surface area (Å²) in [6, 6.07) is 5.35. The molecule has 4 nitrogen and oxygen atoms in total. The molecule has 1 N–H and O–H groups in total. The minimum atomic E-state index is -0.626. The third-order valence-corrected chi connectivity index (χ3v) is 4.30. The molecule has 104 valence electrons. The molecule has 1 heterocycles. The Morgan fingerprint density at radius 1 is 1.35 bits per heavy atom. The summed E-state index contributed by atoms with van der Waals surface area (Å²) in [4.78, 5) is 23.8. The van der Waals surface area contributed by atoms with E-state index in [4.69, 9.17) is 0 Å². The predicted octanol–water partition coefficient (Wildman–Crippen LogP) is 3.69. The van der Waals surface area contributed by atoms with Crippen LogP contribution >= 0.6 is 27.3 Å². The molecule has 0 aliphatic carbocycles. The number of halogens is 2. The van der Waals surface area contributed by atoms with E-state index in [-0.39, 0.29) is 11.3 Å². The van der Waals surface area contributed by atoms with Crippen molar-refractivity contribution in [1.82, 2.24) is 0 Å². The fourth-order valence-electron chi connectivity index (χ4n) is 1.50. The van der Waals surface area contributed by atoms with Crippen molar-refractivity contribution in [2.24, 2.45) is 0 Å². The Morgan fingerprint density at radius 2 is 2.10 bits per heavy atom. The van der Waals surface area contributed by atoms with Crippen LogP contribution in [0.1, 0.15) is 20.0 Å². The molecule has 0 radical (unpaired) electrons. The maximum atomic E-state index is 13.7. The second kappa shape index (κ2) is 6.15. The van der Waals surface area contributed by atoms with Gasteiger partial charge in [-0.25, -0.2) is 9.18 Å². The van der Waals surface area contributed by atoms with Crippen molar-refractivity contribution in [3.63, 3.8) is 0 Å². The second-order valence-electron chi connectivity index (χ2n) is 3.74. The molecule has 0 saturated carbocycles. The van der Waals surface area contributed by atoms with E-state index in [1.165, 1.54) is 30.6 Å². The molecule has 0 saturated heterocycles. The highest BCUT2D eigenvalue weighted by atomic mass is 79.9. The highest BCUT2D eigenvalue weighted by Gasteiger charge is 2.15. The van der Waals surface area contributed by atoms with Gasteiger partial charge < -0.3 is 10.1 Å². The van der Waals surface area contributed by atoms with Crippen molar-refractivity contribution in [2.75, 3.05) is 12.4 Å². The zero-order valence-corrected chi connectivity index (χ0v) is 12.7. The summed E-state index contributed by atoms with van der Waals surface area (Å²) in [5.41, 5.74) is 0.0904. The first kappa shape index (κ1) is 14.7. The normalized spacial score (nSPS) is 10.2. The number of thiophene rings is 1. The number of anilines is 1. The summed E-state index contributed by atoms with van der Waals surface area (Å²) in [5, 5.41) is 4.17. The van der Waals surface area contributed by atoms with E-state index < -0.39 is 17.7 Å². The molecule has 0 unspecified atom stereocenters. The average Bonchev–Trinajstić information content (AvgIpc) is 2.86. The maximum Gasteiger partial charge on any atom is 0.337 e. The van der Waals surface area contributed by atoms with Crippen LogP contribution in [0.4, 0.5) is 10.1 Å². The van der Waals surface area contributed by atoms with E-state index in [0.717, 1.165) is 6.07 Å². The molecule has 0 aliphatic rings. The molecule has 2 rings (SSSR count). The third kappa shape index (κ3) is 3.05.